The molecule has 0 aliphatic rings. The molecule has 7 heteroatoms. The first kappa shape index (κ1) is 17.5. The maximum Gasteiger partial charge on any atom is 0.272 e. The maximum absolute atomic E-state index is 11.9. The number of hydrogen-bond donors (Lipinski definition) is 2. The zero-order valence-electron chi connectivity index (χ0n) is 12.5. The molecule has 0 aliphatic heterocycles. The highest BCUT2D eigenvalue weighted by atomic mass is 32.2. The van der Waals surface area contributed by atoms with Gasteiger partial charge in [-0.2, -0.15) is 11.8 Å². The SMILES string of the molecule is CSCC[C@H](N)C(=O)NC(C)c1ccc(C)c([N+](=O)[O-])c1. The Morgan fingerprint density at radius 3 is 2.76 bits per heavy atom. The molecule has 0 saturated carbocycles. The fourth-order valence-electron chi connectivity index (χ4n) is 1.87. The highest BCUT2D eigenvalue weighted by molar-refractivity contribution is 7.98. The highest BCUT2D eigenvalue weighted by Gasteiger charge is 2.18. The van der Waals surface area contributed by atoms with Gasteiger partial charge in [0.1, 0.15) is 0 Å². The van der Waals surface area contributed by atoms with E-state index in [2.05, 4.69) is 5.32 Å². The van der Waals surface area contributed by atoms with Crippen molar-refractivity contribution in [2.45, 2.75) is 32.4 Å². The number of nitro benzene ring substituents is 1. The number of nitrogens with one attached hydrogen (secondary N) is 1. The third-order valence-electron chi connectivity index (χ3n) is 3.26. The van der Waals surface area contributed by atoms with E-state index in [0.717, 1.165) is 5.75 Å². The van der Waals surface area contributed by atoms with Crippen LogP contribution in [0.3, 0.4) is 0 Å². The van der Waals surface area contributed by atoms with Crippen LogP contribution in [-0.4, -0.2) is 28.9 Å². The Kier molecular flexibility index (Phi) is 6.64. The number of rotatable bonds is 7. The van der Waals surface area contributed by atoms with Crippen molar-refractivity contribution in [3.63, 3.8) is 0 Å². The second kappa shape index (κ2) is 7.99. The van der Waals surface area contributed by atoms with E-state index in [4.69, 9.17) is 5.73 Å². The van der Waals surface area contributed by atoms with Crippen molar-refractivity contribution in [1.29, 1.82) is 0 Å². The third kappa shape index (κ3) is 5.02. The van der Waals surface area contributed by atoms with Crippen molar-refractivity contribution in [2.24, 2.45) is 5.73 Å². The first-order chi connectivity index (χ1) is 9.86. The molecule has 116 valence electrons. The summed E-state index contributed by atoms with van der Waals surface area (Å²) in [5.74, 6) is 0.582. The van der Waals surface area contributed by atoms with Crippen LogP contribution >= 0.6 is 11.8 Å². The summed E-state index contributed by atoms with van der Waals surface area (Å²) in [6.45, 7) is 3.47. The van der Waals surface area contributed by atoms with Crippen LogP contribution in [0.1, 0.15) is 30.5 Å². The molecule has 1 rings (SSSR count). The van der Waals surface area contributed by atoms with Gasteiger partial charge in [-0.3, -0.25) is 14.9 Å². The standard InChI is InChI=1S/C14H21N3O3S/c1-9-4-5-11(8-13(9)17(19)20)10(2)16-14(18)12(15)6-7-21-3/h4-5,8,10,12H,6-7,15H2,1-3H3,(H,16,18)/t10?,12-/m0/s1. The van der Waals surface area contributed by atoms with Gasteiger partial charge in [0.25, 0.3) is 5.69 Å². The van der Waals surface area contributed by atoms with Crippen LogP contribution in [0.5, 0.6) is 0 Å². The number of amides is 1. The smallest absolute Gasteiger partial charge is 0.272 e. The highest BCUT2D eigenvalue weighted by Crippen LogP contribution is 2.23. The molecule has 1 unspecified atom stereocenters. The molecular weight excluding hydrogens is 290 g/mol. The Bertz CT molecular complexity index is 522. The molecule has 3 N–H and O–H groups in total. The van der Waals surface area contributed by atoms with Gasteiger partial charge in [0, 0.05) is 11.6 Å². The summed E-state index contributed by atoms with van der Waals surface area (Å²) in [5, 5.41) is 13.7. The lowest BCUT2D eigenvalue weighted by molar-refractivity contribution is -0.385. The summed E-state index contributed by atoms with van der Waals surface area (Å²) in [6, 6.07) is 4.08. The number of nitro groups is 1. The summed E-state index contributed by atoms with van der Waals surface area (Å²) < 4.78 is 0. The molecule has 21 heavy (non-hydrogen) atoms. The van der Waals surface area contributed by atoms with Crippen LogP contribution in [0, 0.1) is 17.0 Å². The van der Waals surface area contributed by atoms with Crippen LogP contribution in [0.2, 0.25) is 0 Å². The van der Waals surface area contributed by atoms with Gasteiger partial charge in [0.2, 0.25) is 5.91 Å². The molecule has 0 spiro atoms. The monoisotopic (exact) mass is 311 g/mol. The molecule has 0 bridgehead atoms. The Morgan fingerprint density at radius 2 is 2.19 bits per heavy atom. The fraction of sp³-hybridized carbons (Fsp3) is 0.500. The fourth-order valence-corrected chi connectivity index (χ4v) is 2.36. The first-order valence-corrected chi connectivity index (χ1v) is 8.06. The number of hydrogen-bond acceptors (Lipinski definition) is 5. The van der Waals surface area contributed by atoms with Crippen LogP contribution in [0.4, 0.5) is 5.69 Å². The second-order valence-electron chi connectivity index (χ2n) is 4.92. The van der Waals surface area contributed by atoms with Crippen molar-refractivity contribution < 1.29 is 9.72 Å². The number of benzene rings is 1. The Balaban J connectivity index is 2.75. The largest absolute Gasteiger partial charge is 0.348 e. The van der Waals surface area contributed by atoms with Gasteiger partial charge < -0.3 is 11.1 Å². The van der Waals surface area contributed by atoms with Crippen LogP contribution < -0.4 is 11.1 Å². The number of nitrogens with two attached hydrogens (primary N) is 1. The topological polar surface area (TPSA) is 98.3 Å². The van der Waals surface area contributed by atoms with Gasteiger partial charge in [-0.15, -0.1) is 0 Å². The number of thioether (sulfide) groups is 1. The minimum absolute atomic E-state index is 0.0558. The summed E-state index contributed by atoms with van der Waals surface area (Å²) in [4.78, 5) is 22.5. The number of aryl methyl sites for hydroxylation is 1. The van der Waals surface area contributed by atoms with Gasteiger partial charge >= 0.3 is 0 Å². The van der Waals surface area contributed by atoms with E-state index < -0.39 is 11.0 Å². The lowest BCUT2D eigenvalue weighted by Gasteiger charge is -2.18. The summed E-state index contributed by atoms with van der Waals surface area (Å²) in [5.41, 5.74) is 7.14. The molecule has 1 amide bonds. The molecule has 2 atom stereocenters. The lowest BCUT2D eigenvalue weighted by atomic mass is 10.0. The maximum atomic E-state index is 11.9. The van der Waals surface area contributed by atoms with Gasteiger partial charge in [-0.05, 0) is 37.8 Å². The van der Waals surface area contributed by atoms with Crippen LogP contribution in [-0.2, 0) is 4.79 Å². The van der Waals surface area contributed by atoms with Crippen molar-refractivity contribution in [1.82, 2.24) is 5.32 Å². The molecule has 0 fully saturated rings. The lowest BCUT2D eigenvalue weighted by Crippen LogP contribution is -2.41. The van der Waals surface area contributed by atoms with Crippen molar-refractivity contribution in [3.05, 3.63) is 39.4 Å². The minimum Gasteiger partial charge on any atom is -0.348 e. The van der Waals surface area contributed by atoms with Gasteiger partial charge in [0.05, 0.1) is 17.0 Å². The van der Waals surface area contributed by atoms with Gasteiger partial charge in [-0.1, -0.05) is 12.1 Å². The number of nitrogens with zero attached hydrogens (tertiary/aromatic N) is 1. The second-order valence-corrected chi connectivity index (χ2v) is 5.91. The molecular formula is C14H21N3O3S. The Labute approximate surface area is 128 Å². The van der Waals surface area contributed by atoms with Crippen molar-refractivity contribution in [3.8, 4) is 0 Å². The molecule has 0 radical (unpaired) electrons. The van der Waals surface area contributed by atoms with E-state index >= 15 is 0 Å². The Morgan fingerprint density at radius 1 is 1.52 bits per heavy atom. The van der Waals surface area contributed by atoms with Gasteiger partial charge in [-0.25, -0.2) is 0 Å². The van der Waals surface area contributed by atoms with Crippen LogP contribution in [0.15, 0.2) is 18.2 Å². The van der Waals surface area contributed by atoms with Crippen molar-refractivity contribution >= 4 is 23.4 Å². The third-order valence-corrected chi connectivity index (χ3v) is 3.90. The van der Waals surface area contributed by atoms with Crippen LogP contribution in [0.25, 0.3) is 0 Å². The molecule has 0 heterocycles. The summed E-state index contributed by atoms with van der Waals surface area (Å²) in [7, 11) is 0. The number of carbonyl (C=O) groups is 1. The first-order valence-electron chi connectivity index (χ1n) is 6.66. The zero-order chi connectivity index (χ0) is 16.0. The summed E-state index contributed by atoms with van der Waals surface area (Å²) >= 11 is 1.63. The normalized spacial score (nSPS) is 13.5. The summed E-state index contributed by atoms with van der Waals surface area (Å²) in [6.07, 6.45) is 2.56. The quantitative estimate of drug-likeness (QED) is 0.594. The molecule has 0 saturated heterocycles. The zero-order valence-corrected chi connectivity index (χ0v) is 13.3. The molecule has 6 nitrogen and oxygen atoms in total. The average molecular weight is 311 g/mol. The molecule has 0 aromatic heterocycles. The van der Waals surface area contributed by atoms with Gasteiger partial charge in [0.15, 0.2) is 0 Å². The van der Waals surface area contributed by atoms with E-state index in [0.29, 0.717) is 17.5 Å². The van der Waals surface area contributed by atoms with E-state index in [-0.39, 0.29) is 17.6 Å². The van der Waals surface area contributed by atoms with E-state index in [1.54, 1.807) is 37.7 Å². The van der Waals surface area contributed by atoms with E-state index in [1.165, 1.54) is 6.07 Å². The molecule has 1 aromatic carbocycles. The van der Waals surface area contributed by atoms with E-state index in [1.807, 2.05) is 6.26 Å². The molecule has 1 aromatic rings. The number of carbonyl (C=O) groups excluding carboxylic acids is 1. The predicted octanol–water partition coefficient (Wildman–Crippen LogP) is 2.16. The average Bonchev–Trinajstić information content (AvgIpc) is 2.44. The van der Waals surface area contributed by atoms with E-state index in [9.17, 15) is 14.9 Å². The minimum atomic E-state index is -0.555. The molecule has 0 aliphatic carbocycles. The predicted molar refractivity (Wildman–Crippen MR) is 85.4 cm³/mol. The van der Waals surface area contributed by atoms with Crippen molar-refractivity contribution in [2.75, 3.05) is 12.0 Å². The Hall–Kier alpha value is -1.60.